The van der Waals surface area contributed by atoms with Gasteiger partial charge in [-0.15, -0.1) is 0 Å². The summed E-state index contributed by atoms with van der Waals surface area (Å²) in [7, 11) is -4.06. The van der Waals surface area contributed by atoms with Gasteiger partial charge in [-0.1, -0.05) is 45.8 Å². The molecule has 0 aromatic rings. The molecule has 0 N–H and O–H groups in total. The molecule has 8 nitrogen and oxygen atoms in total. The first-order chi connectivity index (χ1) is 12.2. The second kappa shape index (κ2) is 13.7. The van der Waals surface area contributed by atoms with Crippen molar-refractivity contribution in [3.63, 3.8) is 0 Å². The minimum Gasteiger partial charge on any atom is -0.435 e. The van der Waals surface area contributed by atoms with E-state index in [1.165, 1.54) is 13.8 Å². The molecule has 0 spiro atoms. The van der Waals surface area contributed by atoms with Crippen LogP contribution in [0, 0.1) is 0 Å². The van der Waals surface area contributed by atoms with E-state index < -0.39 is 33.3 Å². The summed E-state index contributed by atoms with van der Waals surface area (Å²) in [4.78, 5) is 22.6. The topological polar surface area (TPSA) is 97.4 Å². The lowest BCUT2D eigenvalue weighted by Gasteiger charge is -2.18. The fraction of sp³-hybridized carbons (Fsp3) is 0.647. The van der Waals surface area contributed by atoms with Crippen LogP contribution in [-0.4, -0.2) is 32.1 Å². The molecule has 0 amide bonds. The lowest BCUT2D eigenvalue weighted by molar-refractivity contribution is -0.149. The number of hydrogen-bond acceptors (Lipinski definition) is 8. The molecule has 0 aliphatic heterocycles. The average molecular weight is 392 g/mol. The molecule has 0 saturated carbocycles. The molecule has 26 heavy (non-hydrogen) atoms. The second-order valence-electron chi connectivity index (χ2n) is 5.61. The average Bonchev–Trinajstić information content (AvgIpc) is 2.57. The van der Waals surface area contributed by atoms with Gasteiger partial charge in [-0.3, -0.25) is 4.52 Å². The molecule has 0 fully saturated rings. The molecule has 0 unspecified atom stereocenters. The number of phosphoric acid groups is 1. The van der Waals surface area contributed by atoms with Crippen molar-refractivity contribution in [1.82, 2.24) is 0 Å². The molecule has 0 aromatic heterocycles. The van der Waals surface area contributed by atoms with E-state index in [4.69, 9.17) is 23.0 Å². The summed E-state index contributed by atoms with van der Waals surface area (Å²) < 4.78 is 37.0. The molecule has 150 valence electrons. The maximum absolute atomic E-state index is 12.5. The van der Waals surface area contributed by atoms with Crippen molar-refractivity contribution >= 4 is 19.8 Å². The number of phosphoric ester groups is 1. The van der Waals surface area contributed by atoms with Crippen LogP contribution >= 0.6 is 7.82 Å². The van der Waals surface area contributed by atoms with Gasteiger partial charge >= 0.3 is 19.8 Å². The molecular weight excluding hydrogens is 363 g/mol. The van der Waals surface area contributed by atoms with Crippen LogP contribution in [0.3, 0.4) is 0 Å². The Morgan fingerprint density at radius 3 is 1.69 bits per heavy atom. The van der Waals surface area contributed by atoms with Crippen LogP contribution in [0.1, 0.15) is 52.9 Å². The number of unbranched alkanes of at least 4 members (excludes halogenated alkanes) is 4. The number of hydrogen-bond donors (Lipinski definition) is 0. The number of ether oxygens (including phenoxy) is 2. The zero-order valence-corrected chi connectivity index (χ0v) is 16.7. The second-order valence-corrected chi connectivity index (χ2v) is 7.28. The van der Waals surface area contributed by atoms with Gasteiger partial charge in [0.05, 0.1) is 6.61 Å². The standard InChI is InChI=1S/C17H29O8P/c1-6-7-8-9-10-11-23-26(20,24-12-21-16(18)14(2)3)25-13-22-17(19)15(4)5/h2,4,6-13H2,1,3,5H3. The van der Waals surface area contributed by atoms with Gasteiger partial charge in [0.15, 0.2) is 0 Å². The van der Waals surface area contributed by atoms with Gasteiger partial charge < -0.3 is 9.47 Å². The Morgan fingerprint density at radius 2 is 1.27 bits per heavy atom. The lowest BCUT2D eigenvalue weighted by Crippen LogP contribution is -2.13. The molecule has 0 saturated heterocycles. The monoisotopic (exact) mass is 392 g/mol. The highest BCUT2D eigenvalue weighted by Gasteiger charge is 2.28. The van der Waals surface area contributed by atoms with E-state index in [0.717, 1.165) is 25.7 Å². The Balaban J connectivity index is 4.46. The first-order valence-electron chi connectivity index (χ1n) is 8.40. The maximum atomic E-state index is 12.5. The molecule has 0 atom stereocenters. The molecule has 0 rings (SSSR count). The summed E-state index contributed by atoms with van der Waals surface area (Å²) in [6.45, 7) is 10.7. The van der Waals surface area contributed by atoms with Crippen molar-refractivity contribution in [2.75, 3.05) is 20.2 Å². The van der Waals surface area contributed by atoms with Crippen molar-refractivity contribution < 1.29 is 37.2 Å². The summed E-state index contributed by atoms with van der Waals surface area (Å²) in [5, 5.41) is 0. The van der Waals surface area contributed by atoms with Crippen LogP contribution in [0.2, 0.25) is 0 Å². The quantitative estimate of drug-likeness (QED) is 0.134. The Bertz CT molecular complexity index is 493. The van der Waals surface area contributed by atoms with Crippen molar-refractivity contribution in [2.24, 2.45) is 0 Å². The Morgan fingerprint density at radius 1 is 0.808 bits per heavy atom. The van der Waals surface area contributed by atoms with Crippen LogP contribution in [0.25, 0.3) is 0 Å². The zero-order valence-electron chi connectivity index (χ0n) is 15.8. The van der Waals surface area contributed by atoms with E-state index in [1.54, 1.807) is 0 Å². The lowest BCUT2D eigenvalue weighted by atomic mass is 10.2. The summed E-state index contributed by atoms with van der Waals surface area (Å²) in [5.41, 5.74) is 0.327. The highest BCUT2D eigenvalue weighted by Crippen LogP contribution is 2.49. The fourth-order valence-corrected chi connectivity index (χ4v) is 2.47. The van der Waals surface area contributed by atoms with E-state index >= 15 is 0 Å². The van der Waals surface area contributed by atoms with Crippen LogP contribution < -0.4 is 0 Å². The largest absolute Gasteiger partial charge is 0.480 e. The third-order valence-corrected chi connectivity index (χ3v) is 4.34. The van der Waals surface area contributed by atoms with Crippen molar-refractivity contribution in [1.29, 1.82) is 0 Å². The fourth-order valence-electron chi connectivity index (χ4n) is 1.53. The van der Waals surface area contributed by atoms with Crippen LogP contribution in [0.5, 0.6) is 0 Å². The SMILES string of the molecule is C=C(C)C(=O)OCOP(=O)(OCCCCCCC)OCOC(=O)C(=C)C. The van der Waals surface area contributed by atoms with Gasteiger partial charge in [0, 0.05) is 11.1 Å². The third-order valence-electron chi connectivity index (χ3n) is 3.00. The van der Waals surface area contributed by atoms with Gasteiger partial charge in [-0.05, 0) is 20.3 Å². The minimum absolute atomic E-state index is 0.129. The van der Waals surface area contributed by atoms with Crippen molar-refractivity contribution in [3.05, 3.63) is 24.3 Å². The Labute approximate surface area is 155 Å². The van der Waals surface area contributed by atoms with Crippen molar-refractivity contribution in [2.45, 2.75) is 52.9 Å². The summed E-state index contributed by atoms with van der Waals surface area (Å²) in [6.07, 6.45) is 4.82. The molecule has 9 heteroatoms. The van der Waals surface area contributed by atoms with E-state index in [1.807, 2.05) is 0 Å². The van der Waals surface area contributed by atoms with E-state index in [-0.39, 0.29) is 17.8 Å². The van der Waals surface area contributed by atoms with Gasteiger partial charge in [-0.2, -0.15) is 0 Å². The van der Waals surface area contributed by atoms with Gasteiger partial charge in [0.25, 0.3) is 0 Å². The Kier molecular flexibility index (Phi) is 12.9. The molecular formula is C17H29O8P. The highest BCUT2D eigenvalue weighted by atomic mass is 31.2. The maximum Gasteiger partial charge on any atom is 0.480 e. The number of carbonyl (C=O) groups is 2. The summed E-state index contributed by atoms with van der Waals surface area (Å²) in [6, 6.07) is 0. The van der Waals surface area contributed by atoms with Gasteiger partial charge in [0.1, 0.15) is 0 Å². The van der Waals surface area contributed by atoms with E-state index in [9.17, 15) is 14.2 Å². The van der Waals surface area contributed by atoms with E-state index in [2.05, 4.69) is 20.1 Å². The molecule has 0 bridgehead atoms. The van der Waals surface area contributed by atoms with E-state index in [0.29, 0.717) is 6.42 Å². The molecule has 0 aliphatic carbocycles. The van der Waals surface area contributed by atoms with Crippen LogP contribution in [0.4, 0.5) is 0 Å². The predicted octanol–water partition coefficient (Wildman–Crippen LogP) is 4.27. The summed E-state index contributed by atoms with van der Waals surface area (Å²) >= 11 is 0. The number of rotatable bonds is 15. The third kappa shape index (κ3) is 12.0. The Hall–Kier alpha value is -1.47. The first-order valence-corrected chi connectivity index (χ1v) is 9.86. The highest BCUT2D eigenvalue weighted by molar-refractivity contribution is 7.48. The number of carbonyl (C=O) groups excluding carboxylic acids is 2. The number of esters is 2. The predicted molar refractivity (Wildman–Crippen MR) is 96.0 cm³/mol. The van der Waals surface area contributed by atoms with Crippen LogP contribution in [0.15, 0.2) is 24.3 Å². The van der Waals surface area contributed by atoms with Gasteiger partial charge in [-0.25, -0.2) is 23.2 Å². The molecule has 0 heterocycles. The normalized spacial score (nSPS) is 11.0. The molecule has 0 aromatic carbocycles. The first kappa shape index (κ1) is 24.5. The molecule has 0 radical (unpaired) electrons. The smallest absolute Gasteiger partial charge is 0.435 e. The minimum atomic E-state index is -4.06. The van der Waals surface area contributed by atoms with Crippen LogP contribution in [-0.2, 0) is 37.2 Å². The van der Waals surface area contributed by atoms with Crippen molar-refractivity contribution in [3.8, 4) is 0 Å². The zero-order chi connectivity index (χ0) is 20.0. The molecule has 0 aliphatic rings. The van der Waals surface area contributed by atoms with Gasteiger partial charge in [0.2, 0.25) is 13.6 Å². The summed E-state index contributed by atoms with van der Waals surface area (Å²) in [5.74, 6) is -1.41.